The number of amides is 1. The number of ether oxygens (including phenoxy) is 1. The first-order chi connectivity index (χ1) is 15.6. The van der Waals surface area contributed by atoms with Crippen LogP contribution >= 0.6 is 23.4 Å². The van der Waals surface area contributed by atoms with Crippen molar-refractivity contribution in [1.29, 1.82) is 0 Å². The van der Waals surface area contributed by atoms with E-state index >= 15 is 0 Å². The summed E-state index contributed by atoms with van der Waals surface area (Å²) in [6.45, 7) is 2.28. The number of aryl methyl sites for hydroxylation is 1. The first-order valence-electron chi connectivity index (χ1n) is 9.96. The Morgan fingerprint density at radius 3 is 2.56 bits per heavy atom. The fourth-order valence-corrected chi connectivity index (χ4v) is 3.96. The Bertz CT molecular complexity index is 1200. The van der Waals surface area contributed by atoms with E-state index in [9.17, 15) is 4.79 Å². The van der Waals surface area contributed by atoms with Gasteiger partial charge in [-0.25, -0.2) is 0 Å². The molecule has 0 bridgehead atoms. The lowest BCUT2D eigenvalue weighted by Crippen LogP contribution is -2.14. The highest BCUT2D eigenvalue weighted by Gasteiger charge is 2.16. The molecule has 4 rings (SSSR count). The number of benzene rings is 3. The number of nitrogens with zero attached hydrogens (tertiary/aromatic N) is 3. The predicted molar refractivity (Wildman–Crippen MR) is 128 cm³/mol. The molecule has 0 atom stereocenters. The second-order valence-electron chi connectivity index (χ2n) is 7.02. The standard InChI is InChI=1S/C24H21ClN4O2S/c1-17-10-12-21(13-11-17)31-15-22-27-28-24(29(22)20-8-3-2-4-9-20)32-16-23(30)26-19-7-5-6-18(25)14-19/h2-14H,15-16H2,1H3,(H,26,30). The van der Waals surface area contributed by atoms with Crippen LogP contribution in [0.25, 0.3) is 5.69 Å². The van der Waals surface area contributed by atoms with Crippen molar-refractivity contribution in [2.24, 2.45) is 0 Å². The van der Waals surface area contributed by atoms with Gasteiger partial charge >= 0.3 is 0 Å². The van der Waals surface area contributed by atoms with Crippen LogP contribution in [0.15, 0.2) is 84.0 Å². The molecule has 162 valence electrons. The van der Waals surface area contributed by atoms with Gasteiger partial charge < -0.3 is 10.1 Å². The molecule has 1 amide bonds. The number of hydrogen-bond donors (Lipinski definition) is 1. The van der Waals surface area contributed by atoms with Gasteiger partial charge in [0.2, 0.25) is 5.91 Å². The zero-order chi connectivity index (χ0) is 22.3. The topological polar surface area (TPSA) is 69.0 Å². The number of nitrogens with one attached hydrogen (secondary N) is 1. The average molecular weight is 465 g/mol. The second-order valence-corrected chi connectivity index (χ2v) is 8.40. The van der Waals surface area contributed by atoms with E-state index < -0.39 is 0 Å². The Morgan fingerprint density at radius 1 is 1.03 bits per heavy atom. The van der Waals surface area contributed by atoms with Crippen molar-refractivity contribution in [2.45, 2.75) is 18.7 Å². The molecule has 32 heavy (non-hydrogen) atoms. The van der Waals surface area contributed by atoms with Crippen LogP contribution in [0.2, 0.25) is 5.02 Å². The lowest BCUT2D eigenvalue weighted by molar-refractivity contribution is -0.113. The molecule has 1 aromatic heterocycles. The van der Waals surface area contributed by atoms with Gasteiger partial charge in [0.15, 0.2) is 11.0 Å². The summed E-state index contributed by atoms with van der Waals surface area (Å²) in [5.74, 6) is 1.43. The molecular weight excluding hydrogens is 444 g/mol. The number of hydrogen-bond acceptors (Lipinski definition) is 5. The van der Waals surface area contributed by atoms with E-state index in [0.29, 0.717) is 21.7 Å². The molecule has 0 radical (unpaired) electrons. The zero-order valence-corrected chi connectivity index (χ0v) is 18.9. The molecular formula is C24H21ClN4O2S. The van der Waals surface area contributed by atoms with Gasteiger partial charge in [0, 0.05) is 16.4 Å². The maximum atomic E-state index is 12.4. The minimum atomic E-state index is -0.155. The first-order valence-corrected chi connectivity index (χ1v) is 11.3. The smallest absolute Gasteiger partial charge is 0.234 e. The van der Waals surface area contributed by atoms with Crippen LogP contribution in [0, 0.1) is 6.92 Å². The quantitative estimate of drug-likeness (QED) is 0.347. The van der Waals surface area contributed by atoms with Crippen LogP contribution < -0.4 is 10.1 Å². The van der Waals surface area contributed by atoms with Crippen LogP contribution in [0.3, 0.4) is 0 Å². The third-order valence-electron chi connectivity index (χ3n) is 4.54. The Hall–Kier alpha value is -3.29. The van der Waals surface area contributed by atoms with E-state index in [2.05, 4.69) is 15.5 Å². The van der Waals surface area contributed by atoms with Crippen molar-refractivity contribution in [3.05, 3.63) is 95.3 Å². The number of para-hydroxylation sites is 1. The number of thioether (sulfide) groups is 1. The van der Waals surface area contributed by atoms with E-state index in [0.717, 1.165) is 11.4 Å². The monoisotopic (exact) mass is 464 g/mol. The Kier molecular flexibility index (Phi) is 7.09. The number of anilines is 1. The minimum absolute atomic E-state index is 0.155. The Labute approximate surface area is 195 Å². The third kappa shape index (κ3) is 5.69. The summed E-state index contributed by atoms with van der Waals surface area (Å²) < 4.78 is 7.82. The zero-order valence-electron chi connectivity index (χ0n) is 17.4. The second kappa shape index (κ2) is 10.3. The molecule has 3 aromatic carbocycles. The average Bonchev–Trinajstić information content (AvgIpc) is 3.21. The normalized spacial score (nSPS) is 10.7. The maximum Gasteiger partial charge on any atom is 0.234 e. The Morgan fingerprint density at radius 2 is 1.81 bits per heavy atom. The van der Waals surface area contributed by atoms with Gasteiger partial charge in [-0.3, -0.25) is 9.36 Å². The van der Waals surface area contributed by atoms with E-state index in [1.165, 1.54) is 17.3 Å². The molecule has 0 aliphatic heterocycles. The molecule has 0 unspecified atom stereocenters. The van der Waals surface area contributed by atoms with Gasteiger partial charge in [-0.1, -0.05) is 65.3 Å². The summed E-state index contributed by atoms with van der Waals surface area (Å²) in [7, 11) is 0. The number of carbonyl (C=O) groups excluding carboxylic acids is 1. The van der Waals surface area contributed by atoms with Gasteiger partial charge in [-0.15, -0.1) is 10.2 Å². The summed E-state index contributed by atoms with van der Waals surface area (Å²) in [5.41, 5.74) is 2.72. The van der Waals surface area contributed by atoms with E-state index in [4.69, 9.17) is 16.3 Å². The SMILES string of the molecule is Cc1ccc(OCc2nnc(SCC(=O)Nc3cccc(Cl)c3)n2-c2ccccc2)cc1. The van der Waals surface area contributed by atoms with Crippen LogP contribution in [-0.2, 0) is 11.4 Å². The van der Waals surface area contributed by atoms with E-state index in [1.54, 1.807) is 24.3 Å². The van der Waals surface area contributed by atoms with Gasteiger partial charge in [-0.05, 0) is 49.4 Å². The number of aromatic nitrogens is 3. The van der Waals surface area contributed by atoms with Crippen molar-refractivity contribution in [3.63, 3.8) is 0 Å². The highest BCUT2D eigenvalue weighted by Crippen LogP contribution is 2.24. The predicted octanol–water partition coefficient (Wildman–Crippen LogP) is 5.54. The van der Waals surface area contributed by atoms with Crippen molar-refractivity contribution >= 4 is 35.0 Å². The van der Waals surface area contributed by atoms with E-state index in [-0.39, 0.29) is 18.3 Å². The summed E-state index contributed by atoms with van der Waals surface area (Å²) in [4.78, 5) is 12.4. The molecule has 0 saturated carbocycles. The lowest BCUT2D eigenvalue weighted by atomic mass is 10.2. The summed E-state index contributed by atoms with van der Waals surface area (Å²) in [5, 5.41) is 12.6. The summed E-state index contributed by atoms with van der Waals surface area (Å²) in [6.07, 6.45) is 0. The molecule has 4 aromatic rings. The summed E-state index contributed by atoms with van der Waals surface area (Å²) >= 11 is 7.29. The van der Waals surface area contributed by atoms with E-state index in [1.807, 2.05) is 66.1 Å². The van der Waals surface area contributed by atoms with Gasteiger partial charge in [0.25, 0.3) is 0 Å². The lowest BCUT2D eigenvalue weighted by Gasteiger charge is -2.11. The molecule has 0 aliphatic carbocycles. The number of halogens is 1. The number of carbonyl (C=O) groups is 1. The Balaban J connectivity index is 1.48. The van der Waals surface area contributed by atoms with Gasteiger partial charge in [-0.2, -0.15) is 0 Å². The van der Waals surface area contributed by atoms with Gasteiger partial charge in [0.05, 0.1) is 5.75 Å². The fourth-order valence-electron chi connectivity index (χ4n) is 3.00. The highest BCUT2D eigenvalue weighted by molar-refractivity contribution is 7.99. The molecule has 0 spiro atoms. The van der Waals surface area contributed by atoms with Crippen LogP contribution in [0.5, 0.6) is 5.75 Å². The van der Waals surface area contributed by atoms with Crippen molar-refractivity contribution in [1.82, 2.24) is 14.8 Å². The summed E-state index contributed by atoms with van der Waals surface area (Å²) in [6, 6.07) is 24.7. The van der Waals surface area contributed by atoms with Crippen LogP contribution in [0.1, 0.15) is 11.4 Å². The molecule has 6 nitrogen and oxygen atoms in total. The van der Waals surface area contributed by atoms with Crippen molar-refractivity contribution < 1.29 is 9.53 Å². The molecule has 0 saturated heterocycles. The molecule has 8 heteroatoms. The van der Waals surface area contributed by atoms with Crippen LogP contribution in [0.4, 0.5) is 5.69 Å². The largest absolute Gasteiger partial charge is 0.486 e. The minimum Gasteiger partial charge on any atom is -0.486 e. The molecule has 0 aliphatic rings. The fraction of sp³-hybridized carbons (Fsp3) is 0.125. The highest BCUT2D eigenvalue weighted by atomic mass is 35.5. The molecule has 1 heterocycles. The van der Waals surface area contributed by atoms with Gasteiger partial charge in [0.1, 0.15) is 12.4 Å². The van der Waals surface area contributed by atoms with Crippen molar-refractivity contribution in [2.75, 3.05) is 11.1 Å². The molecule has 0 fully saturated rings. The molecule has 1 N–H and O–H groups in total. The third-order valence-corrected chi connectivity index (χ3v) is 5.71. The van der Waals surface area contributed by atoms with Crippen LogP contribution in [-0.4, -0.2) is 26.4 Å². The van der Waals surface area contributed by atoms with Crippen molar-refractivity contribution in [3.8, 4) is 11.4 Å². The number of rotatable bonds is 8. The maximum absolute atomic E-state index is 12.4. The first kappa shape index (κ1) is 21.9.